The molecule has 0 aliphatic carbocycles. The fraction of sp³-hybridized carbons (Fsp3) is 0.385. The Morgan fingerprint density at radius 2 is 2.25 bits per heavy atom. The Morgan fingerprint density at radius 3 is 2.95 bits per heavy atom. The van der Waals surface area contributed by atoms with Crippen LogP contribution < -0.4 is 5.32 Å². The van der Waals surface area contributed by atoms with Crippen molar-refractivity contribution in [2.45, 2.75) is 20.4 Å². The summed E-state index contributed by atoms with van der Waals surface area (Å²) in [6.45, 7) is 5.55. The lowest BCUT2D eigenvalue weighted by atomic mass is 10.2. The van der Waals surface area contributed by atoms with Gasteiger partial charge in [0.15, 0.2) is 0 Å². The van der Waals surface area contributed by atoms with Crippen molar-refractivity contribution in [2.75, 3.05) is 6.54 Å². The molecule has 0 saturated carbocycles. The molecule has 0 fully saturated rings. The van der Waals surface area contributed by atoms with Gasteiger partial charge in [0.25, 0.3) is 5.69 Å². The molecule has 1 aromatic carbocycles. The van der Waals surface area contributed by atoms with Crippen molar-refractivity contribution in [2.24, 2.45) is 5.92 Å². The Kier molecular flexibility index (Phi) is 4.41. The predicted octanol–water partition coefficient (Wildman–Crippen LogP) is 2.39. The van der Waals surface area contributed by atoms with Gasteiger partial charge in [-0.15, -0.1) is 0 Å². The standard InChI is InChI=1S/C13H16N4O3/c1-9(2)7-14-8-12-15-13(16-20-12)10-4-3-5-11(6-10)17(18)19/h3-6,9,14H,7-8H2,1-2H3. The summed E-state index contributed by atoms with van der Waals surface area (Å²) in [4.78, 5) is 14.5. The van der Waals surface area contributed by atoms with Crippen LogP contribution in [0.5, 0.6) is 0 Å². The molecule has 0 unspecified atom stereocenters. The number of rotatable bonds is 6. The molecule has 1 N–H and O–H groups in total. The van der Waals surface area contributed by atoms with E-state index in [1.807, 2.05) is 0 Å². The molecule has 2 rings (SSSR count). The van der Waals surface area contributed by atoms with E-state index < -0.39 is 4.92 Å². The third-order valence-corrected chi connectivity index (χ3v) is 2.61. The van der Waals surface area contributed by atoms with E-state index in [0.29, 0.717) is 29.7 Å². The summed E-state index contributed by atoms with van der Waals surface area (Å²) >= 11 is 0. The van der Waals surface area contributed by atoms with Gasteiger partial charge in [-0.2, -0.15) is 4.98 Å². The van der Waals surface area contributed by atoms with E-state index in [1.54, 1.807) is 12.1 Å². The molecular formula is C13H16N4O3. The van der Waals surface area contributed by atoms with Crippen LogP contribution in [-0.2, 0) is 6.54 Å². The molecule has 0 aliphatic rings. The summed E-state index contributed by atoms with van der Waals surface area (Å²) in [5.41, 5.74) is 0.574. The highest BCUT2D eigenvalue weighted by atomic mass is 16.6. The number of hydrogen-bond donors (Lipinski definition) is 1. The SMILES string of the molecule is CC(C)CNCc1nc(-c2cccc([N+](=O)[O-])c2)no1. The van der Waals surface area contributed by atoms with E-state index in [0.717, 1.165) is 6.54 Å². The Labute approximate surface area is 116 Å². The van der Waals surface area contributed by atoms with E-state index in [9.17, 15) is 10.1 Å². The number of non-ortho nitro benzene ring substituents is 1. The van der Waals surface area contributed by atoms with Crippen molar-refractivity contribution in [3.63, 3.8) is 0 Å². The zero-order valence-corrected chi connectivity index (χ0v) is 11.4. The lowest BCUT2D eigenvalue weighted by Crippen LogP contribution is -2.19. The molecule has 0 spiro atoms. The number of hydrogen-bond acceptors (Lipinski definition) is 6. The van der Waals surface area contributed by atoms with E-state index in [4.69, 9.17) is 4.52 Å². The maximum atomic E-state index is 10.7. The molecule has 7 nitrogen and oxygen atoms in total. The minimum atomic E-state index is -0.450. The molecule has 1 aromatic heterocycles. The quantitative estimate of drug-likeness (QED) is 0.643. The lowest BCUT2D eigenvalue weighted by molar-refractivity contribution is -0.384. The van der Waals surface area contributed by atoms with Crippen LogP contribution in [0, 0.1) is 16.0 Å². The van der Waals surface area contributed by atoms with Gasteiger partial charge in [-0.05, 0) is 12.5 Å². The van der Waals surface area contributed by atoms with E-state index in [1.165, 1.54) is 12.1 Å². The van der Waals surface area contributed by atoms with Gasteiger partial charge in [0.05, 0.1) is 11.5 Å². The average molecular weight is 276 g/mol. The van der Waals surface area contributed by atoms with Crippen LogP contribution in [-0.4, -0.2) is 21.6 Å². The molecule has 7 heteroatoms. The Morgan fingerprint density at radius 1 is 1.45 bits per heavy atom. The van der Waals surface area contributed by atoms with Gasteiger partial charge in [0.1, 0.15) is 0 Å². The molecule has 0 atom stereocenters. The first-order valence-electron chi connectivity index (χ1n) is 6.34. The van der Waals surface area contributed by atoms with Crippen molar-refractivity contribution >= 4 is 5.69 Å². The summed E-state index contributed by atoms with van der Waals surface area (Å²) in [6.07, 6.45) is 0. The van der Waals surface area contributed by atoms with Gasteiger partial charge in [-0.3, -0.25) is 10.1 Å². The molecular weight excluding hydrogens is 260 g/mol. The second-order valence-corrected chi connectivity index (χ2v) is 4.84. The normalized spacial score (nSPS) is 10.9. The largest absolute Gasteiger partial charge is 0.338 e. The molecule has 1 heterocycles. The maximum absolute atomic E-state index is 10.7. The van der Waals surface area contributed by atoms with Crippen LogP contribution in [0.1, 0.15) is 19.7 Å². The first kappa shape index (κ1) is 14.1. The highest BCUT2D eigenvalue weighted by molar-refractivity contribution is 5.58. The second-order valence-electron chi connectivity index (χ2n) is 4.84. The van der Waals surface area contributed by atoms with Crippen LogP contribution in [0.25, 0.3) is 11.4 Å². The molecule has 2 aromatic rings. The second kappa shape index (κ2) is 6.25. The molecule has 0 radical (unpaired) electrons. The highest BCUT2D eigenvalue weighted by Crippen LogP contribution is 2.21. The van der Waals surface area contributed by atoms with Gasteiger partial charge in [0, 0.05) is 17.7 Å². The lowest BCUT2D eigenvalue weighted by Gasteiger charge is -2.03. The molecule has 0 aliphatic heterocycles. The number of nitro benzene ring substituents is 1. The first-order valence-corrected chi connectivity index (χ1v) is 6.34. The third-order valence-electron chi connectivity index (χ3n) is 2.61. The third kappa shape index (κ3) is 3.61. The molecule has 0 saturated heterocycles. The van der Waals surface area contributed by atoms with Crippen molar-refractivity contribution in [1.82, 2.24) is 15.5 Å². The van der Waals surface area contributed by atoms with Crippen LogP contribution in [0.15, 0.2) is 28.8 Å². The monoisotopic (exact) mass is 276 g/mol. The fourth-order valence-corrected chi connectivity index (χ4v) is 1.67. The number of nitro groups is 1. The molecule has 106 valence electrons. The van der Waals surface area contributed by atoms with Crippen molar-refractivity contribution in [3.05, 3.63) is 40.3 Å². The summed E-state index contributed by atoms with van der Waals surface area (Å²) in [5, 5.41) is 17.8. The molecule has 20 heavy (non-hydrogen) atoms. The van der Waals surface area contributed by atoms with Crippen LogP contribution >= 0.6 is 0 Å². The van der Waals surface area contributed by atoms with E-state index in [-0.39, 0.29) is 5.69 Å². The smallest absolute Gasteiger partial charge is 0.270 e. The summed E-state index contributed by atoms with van der Waals surface area (Å²) in [6, 6.07) is 6.16. The maximum Gasteiger partial charge on any atom is 0.270 e. The average Bonchev–Trinajstić information content (AvgIpc) is 2.87. The van der Waals surface area contributed by atoms with Crippen LogP contribution in [0.3, 0.4) is 0 Å². The van der Waals surface area contributed by atoms with Gasteiger partial charge in [0.2, 0.25) is 11.7 Å². The number of nitrogens with zero attached hydrogens (tertiary/aromatic N) is 3. The fourth-order valence-electron chi connectivity index (χ4n) is 1.67. The molecule has 0 bridgehead atoms. The van der Waals surface area contributed by atoms with Gasteiger partial charge in [-0.1, -0.05) is 31.1 Å². The highest BCUT2D eigenvalue weighted by Gasteiger charge is 2.12. The summed E-state index contributed by atoms with van der Waals surface area (Å²) < 4.78 is 5.11. The van der Waals surface area contributed by atoms with Crippen molar-refractivity contribution in [1.29, 1.82) is 0 Å². The minimum Gasteiger partial charge on any atom is -0.338 e. The van der Waals surface area contributed by atoms with Gasteiger partial charge in [-0.25, -0.2) is 0 Å². The Balaban J connectivity index is 2.08. The number of benzene rings is 1. The number of nitrogens with one attached hydrogen (secondary N) is 1. The minimum absolute atomic E-state index is 0.00628. The van der Waals surface area contributed by atoms with E-state index in [2.05, 4.69) is 29.3 Å². The van der Waals surface area contributed by atoms with Crippen molar-refractivity contribution < 1.29 is 9.45 Å². The van der Waals surface area contributed by atoms with Crippen LogP contribution in [0.4, 0.5) is 5.69 Å². The zero-order valence-electron chi connectivity index (χ0n) is 11.4. The number of aromatic nitrogens is 2. The molecule has 0 amide bonds. The van der Waals surface area contributed by atoms with Gasteiger partial charge >= 0.3 is 0 Å². The van der Waals surface area contributed by atoms with E-state index >= 15 is 0 Å². The summed E-state index contributed by atoms with van der Waals surface area (Å²) in [7, 11) is 0. The summed E-state index contributed by atoms with van der Waals surface area (Å²) in [5.74, 6) is 1.36. The Bertz CT molecular complexity index is 595. The van der Waals surface area contributed by atoms with Crippen LogP contribution in [0.2, 0.25) is 0 Å². The first-order chi connectivity index (χ1) is 9.56. The predicted molar refractivity (Wildman–Crippen MR) is 72.9 cm³/mol. The Hall–Kier alpha value is -2.28. The topological polar surface area (TPSA) is 94.1 Å². The van der Waals surface area contributed by atoms with Gasteiger partial charge < -0.3 is 9.84 Å². The zero-order chi connectivity index (χ0) is 14.5. The van der Waals surface area contributed by atoms with Crippen molar-refractivity contribution in [3.8, 4) is 11.4 Å².